The Morgan fingerprint density at radius 1 is 1.04 bits per heavy atom. The van der Waals surface area contributed by atoms with E-state index >= 15 is 0 Å². The Kier molecular flexibility index (Phi) is 5.03. The number of rotatable bonds is 3. The van der Waals surface area contributed by atoms with E-state index < -0.39 is 21.7 Å². The first-order valence-electron chi connectivity index (χ1n) is 8.42. The van der Waals surface area contributed by atoms with Crippen LogP contribution in [0.3, 0.4) is 0 Å². The van der Waals surface area contributed by atoms with Gasteiger partial charge in [-0.15, -0.1) is 0 Å². The van der Waals surface area contributed by atoms with E-state index in [1.54, 1.807) is 25.6 Å². The maximum atomic E-state index is 13.5. The fourth-order valence-electron chi connectivity index (χ4n) is 3.33. The highest BCUT2D eigenvalue weighted by Gasteiger charge is 2.31. The van der Waals surface area contributed by atoms with Crippen LogP contribution in [0, 0.1) is 25.5 Å². The Hall–Kier alpha value is -2.00. The van der Waals surface area contributed by atoms with Crippen molar-refractivity contribution in [2.45, 2.75) is 25.2 Å². The minimum atomic E-state index is -3.66. The normalized spacial score (nSPS) is 16.7. The molecule has 0 saturated carbocycles. The van der Waals surface area contributed by atoms with Gasteiger partial charge in [-0.1, -0.05) is 0 Å². The van der Waals surface area contributed by atoms with Crippen LogP contribution in [0.1, 0.15) is 17.8 Å². The number of nitrogens with zero attached hydrogens (tertiary/aromatic N) is 4. The summed E-state index contributed by atoms with van der Waals surface area (Å²) in [5.74, 6) is -1.80. The fourth-order valence-corrected chi connectivity index (χ4v) is 5.20. The highest BCUT2D eigenvalue weighted by Crippen LogP contribution is 2.25. The van der Waals surface area contributed by atoms with Crippen LogP contribution in [-0.4, -0.2) is 48.7 Å². The highest BCUT2D eigenvalue weighted by molar-refractivity contribution is 7.89. The molecule has 0 bridgehead atoms. The first-order valence-corrected chi connectivity index (χ1v) is 9.86. The number of halogens is 2. The number of aromatic nitrogens is 2. The van der Waals surface area contributed by atoms with Gasteiger partial charge in [0.05, 0.1) is 11.4 Å². The minimum Gasteiger partial charge on any atom is -0.370 e. The summed E-state index contributed by atoms with van der Waals surface area (Å²) >= 11 is 0. The molecule has 0 unspecified atom stereocenters. The number of aryl methyl sites for hydroxylation is 2. The van der Waals surface area contributed by atoms with E-state index in [1.165, 1.54) is 10.4 Å². The third-order valence-corrected chi connectivity index (χ3v) is 6.92. The molecule has 0 aliphatic carbocycles. The second-order valence-electron chi connectivity index (χ2n) is 6.47. The van der Waals surface area contributed by atoms with Gasteiger partial charge in [0.1, 0.15) is 4.90 Å². The summed E-state index contributed by atoms with van der Waals surface area (Å²) < 4.78 is 55.8. The lowest BCUT2D eigenvalue weighted by Gasteiger charge is -2.23. The van der Waals surface area contributed by atoms with Crippen LogP contribution in [0.25, 0.3) is 0 Å². The summed E-state index contributed by atoms with van der Waals surface area (Å²) in [6, 6.07) is 3.75. The monoisotopic (exact) mass is 384 g/mol. The molecule has 2 aromatic rings. The van der Waals surface area contributed by atoms with Crippen LogP contribution in [0.5, 0.6) is 0 Å². The molecule has 0 radical (unpaired) electrons. The van der Waals surface area contributed by atoms with E-state index in [4.69, 9.17) is 0 Å². The lowest BCUT2D eigenvalue weighted by atomic mass is 10.2. The number of benzene rings is 1. The van der Waals surface area contributed by atoms with Crippen molar-refractivity contribution in [3.8, 4) is 0 Å². The summed E-state index contributed by atoms with van der Waals surface area (Å²) in [5, 5.41) is 4.20. The van der Waals surface area contributed by atoms with Gasteiger partial charge in [0.15, 0.2) is 11.6 Å². The Morgan fingerprint density at radius 3 is 2.38 bits per heavy atom. The van der Waals surface area contributed by atoms with Gasteiger partial charge in [0, 0.05) is 45.0 Å². The van der Waals surface area contributed by atoms with Crippen molar-refractivity contribution >= 4 is 15.7 Å². The Labute approximate surface area is 152 Å². The van der Waals surface area contributed by atoms with Crippen molar-refractivity contribution in [2.75, 3.05) is 31.1 Å². The van der Waals surface area contributed by atoms with Gasteiger partial charge in [-0.2, -0.15) is 9.40 Å². The van der Waals surface area contributed by atoms with Crippen molar-refractivity contribution in [1.29, 1.82) is 0 Å². The molecular formula is C17H22F2N4O2S. The zero-order valence-electron chi connectivity index (χ0n) is 15.0. The van der Waals surface area contributed by atoms with Crippen molar-refractivity contribution in [2.24, 2.45) is 7.05 Å². The van der Waals surface area contributed by atoms with Gasteiger partial charge < -0.3 is 4.90 Å². The van der Waals surface area contributed by atoms with Crippen LogP contribution < -0.4 is 4.90 Å². The van der Waals surface area contributed by atoms with Crippen molar-refractivity contribution in [3.63, 3.8) is 0 Å². The van der Waals surface area contributed by atoms with E-state index in [0.29, 0.717) is 43.1 Å². The van der Waals surface area contributed by atoms with Crippen molar-refractivity contribution < 1.29 is 17.2 Å². The van der Waals surface area contributed by atoms with E-state index in [1.807, 2.05) is 4.90 Å². The molecule has 142 valence electrons. The number of anilines is 1. The van der Waals surface area contributed by atoms with E-state index in [9.17, 15) is 17.2 Å². The Bertz CT molecular complexity index is 927. The molecule has 2 heterocycles. The Balaban J connectivity index is 1.83. The lowest BCUT2D eigenvalue weighted by molar-refractivity contribution is 0.432. The molecule has 6 nitrogen and oxygen atoms in total. The smallest absolute Gasteiger partial charge is 0.246 e. The fraction of sp³-hybridized carbons (Fsp3) is 0.471. The molecule has 0 atom stereocenters. The second-order valence-corrected chi connectivity index (χ2v) is 8.34. The lowest BCUT2D eigenvalue weighted by Crippen LogP contribution is -2.35. The zero-order chi connectivity index (χ0) is 19.1. The third-order valence-electron chi connectivity index (χ3n) is 4.76. The van der Waals surface area contributed by atoms with E-state index in [0.717, 1.165) is 12.1 Å². The zero-order valence-corrected chi connectivity index (χ0v) is 15.9. The Morgan fingerprint density at radius 2 is 1.77 bits per heavy atom. The van der Waals surface area contributed by atoms with Gasteiger partial charge in [0.2, 0.25) is 10.0 Å². The number of hydrogen-bond acceptors (Lipinski definition) is 4. The van der Waals surface area contributed by atoms with Gasteiger partial charge in [-0.3, -0.25) is 4.68 Å². The summed E-state index contributed by atoms with van der Waals surface area (Å²) in [6.07, 6.45) is 0.594. The minimum absolute atomic E-state index is 0.251. The largest absolute Gasteiger partial charge is 0.370 e. The molecule has 9 heteroatoms. The molecule has 1 aliphatic heterocycles. The molecule has 1 aromatic carbocycles. The standard InChI is InChI=1S/C17H22F2N4O2S/c1-12-17(13(2)21(3)20-12)26(24,25)23-8-4-7-22(9-10-23)14-5-6-15(18)16(19)11-14/h5-6,11H,4,7-10H2,1-3H3. The quantitative estimate of drug-likeness (QED) is 0.814. The molecule has 0 spiro atoms. The SMILES string of the molecule is Cc1nn(C)c(C)c1S(=O)(=O)N1CCCN(c2ccc(F)c(F)c2)CC1. The first-order chi connectivity index (χ1) is 12.2. The van der Waals surface area contributed by atoms with Crippen LogP contribution in [-0.2, 0) is 17.1 Å². The van der Waals surface area contributed by atoms with Crippen LogP contribution in [0.15, 0.2) is 23.1 Å². The molecule has 1 saturated heterocycles. The van der Waals surface area contributed by atoms with Crippen LogP contribution in [0.2, 0.25) is 0 Å². The molecule has 0 N–H and O–H groups in total. The van der Waals surface area contributed by atoms with Crippen LogP contribution >= 0.6 is 0 Å². The predicted molar refractivity (Wildman–Crippen MR) is 94.6 cm³/mol. The van der Waals surface area contributed by atoms with E-state index in [2.05, 4.69) is 5.10 Å². The summed E-state index contributed by atoms with van der Waals surface area (Å²) in [7, 11) is -1.94. The molecule has 26 heavy (non-hydrogen) atoms. The summed E-state index contributed by atoms with van der Waals surface area (Å²) in [5.41, 5.74) is 1.63. The third kappa shape index (κ3) is 3.33. The average Bonchev–Trinajstić information content (AvgIpc) is 2.77. The topological polar surface area (TPSA) is 58.4 Å². The van der Waals surface area contributed by atoms with Gasteiger partial charge >= 0.3 is 0 Å². The molecule has 1 fully saturated rings. The molecule has 1 aromatic heterocycles. The molecule has 1 aliphatic rings. The maximum absolute atomic E-state index is 13.5. The molecule has 3 rings (SSSR count). The molecular weight excluding hydrogens is 362 g/mol. The average molecular weight is 384 g/mol. The molecule has 0 amide bonds. The predicted octanol–water partition coefficient (Wildman–Crippen LogP) is 2.22. The number of hydrogen-bond donors (Lipinski definition) is 0. The van der Waals surface area contributed by atoms with Crippen LogP contribution in [0.4, 0.5) is 14.5 Å². The summed E-state index contributed by atoms with van der Waals surface area (Å²) in [6.45, 7) is 5.04. The summed E-state index contributed by atoms with van der Waals surface area (Å²) in [4.78, 5) is 2.13. The van der Waals surface area contributed by atoms with Crippen molar-refractivity contribution in [1.82, 2.24) is 14.1 Å². The first kappa shape index (κ1) is 18.8. The van der Waals surface area contributed by atoms with E-state index in [-0.39, 0.29) is 11.4 Å². The highest BCUT2D eigenvalue weighted by atomic mass is 32.2. The second kappa shape index (κ2) is 6.96. The number of sulfonamides is 1. The van der Waals surface area contributed by atoms with Gasteiger partial charge in [-0.05, 0) is 32.4 Å². The van der Waals surface area contributed by atoms with Gasteiger partial charge in [0.25, 0.3) is 0 Å². The van der Waals surface area contributed by atoms with Crippen molar-refractivity contribution in [3.05, 3.63) is 41.2 Å². The maximum Gasteiger partial charge on any atom is 0.246 e. The van der Waals surface area contributed by atoms with Gasteiger partial charge in [-0.25, -0.2) is 17.2 Å².